The number of likely N-dealkylation sites (N-methyl/N-ethyl adjacent to an activating group) is 1. The number of fused-ring (bicyclic) bond motifs is 3. The van der Waals surface area contributed by atoms with Crippen LogP contribution in [0.15, 0.2) is 53.0 Å². The number of nitrogen functional groups attached to an aromatic ring is 1. The molecule has 0 heterocycles. The number of Topliss-reactive ketones (excluding diaryl/α,β-unsaturated/α-hetero) is 2. The van der Waals surface area contributed by atoms with Gasteiger partial charge in [0.25, 0.3) is 5.91 Å². The van der Waals surface area contributed by atoms with Crippen molar-refractivity contribution in [1.29, 1.82) is 0 Å². The van der Waals surface area contributed by atoms with Gasteiger partial charge in [-0.1, -0.05) is 12.1 Å². The Bertz CT molecular complexity index is 1510. The number of aromatic hydroxyl groups is 1. The number of halogens is 1. The fourth-order valence-corrected chi connectivity index (χ4v) is 6.57. The first-order valence-electron chi connectivity index (χ1n) is 11.9. The number of aliphatic hydroxyl groups is 3. The van der Waals surface area contributed by atoms with Crippen LogP contribution >= 0.6 is 22.6 Å². The molecule has 0 aliphatic heterocycles. The van der Waals surface area contributed by atoms with Crippen LogP contribution in [0.5, 0.6) is 5.75 Å². The Labute approximate surface area is 231 Å². The molecule has 5 rings (SSSR count). The molecule has 0 bridgehead atoms. The summed E-state index contributed by atoms with van der Waals surface area (Å²) in [7, 11) is 3.18. The lowest BCUT2D eigenvalue weighted by Crippen LogP contribution is -2.63. The highest BCUT2D eigenvalue weighted by molar-refractivity contribution is 14.1. The molecular formula is C27H26IN3O7. The van der Waals surface area contributed by atoms with Crippen molar-refractivity contribution in [3.05, 3.63) is 67.7 Å². The molecule has 0 spiro atoms. The fraction of sp³-hybridized carbons (Fsp3) is 0.296. The van der Waals surface area contributed by atoms with Gasteiger partial charge in [0, 0.05) is 20.7 Å². The van der Waals surface area contributed by atoms with Crippen LogP contribution in [-0.2, 0) is 16.0 Å². The summed E-state index contributed by atoms with van der Waals surface area (Å²) in [6, 6.07) is 7.49. The van der Waals surface area contributed by atoms with Gasteiger partial charge in [0.2, 0.25) is 5.78 Å². The molecule has 0 aromatic heterocycles. The minimum atomic E-state index is -2.66. The molecule has 8 N–H and O–H groups in total. The van der Waals surface area contributed by atoms with Crippen LogP contribution in [0.4, 0.5) is 5.69 Å². The van der Waals surface area contributed by atoms with Gasteiger partial charge in [-0.3, -0.25) is 19.3 Å². The molecule has 0 fully saturated rings. The van der Waals surface area contributed by atoms with E-state index in [1.807, 2.05) is 12.1 Å². The van der Waals surface area contributed by atoms with E-state index in [-0.39, 0.29) is 29.7 Å². The van der Waals surface area contributed by atoms with Gasteiger partial charge in [0.1, 0.15) is 22.8 Å². The van der Waals surface area contributed by atoms with Crippen LogP contribution in [-0.4, -0.2) is 68.5 Å². The lowest BCUT2D eigenvalue weighted by molar-refractivity contribution is -0.148. The summed E-state index contributed by atoms with van der Waals surface area (Å²) in [5, 5.41) is 44.6. The molecule has 4 atom stereocenters. The maximum atomic E-state index is 13.8. The number of phenols is 1. The summed E-state index contributed by atoms with van der Waals surface area (Å²) in [5.74, 6) is -6.78. The van der Waals surface area contributed by atoms with E-state index in [4.69, 9.17) is 11.5 Å². The summed E-state index contributed by atoms with van der Waals surface area (Å²) in [6.45, 7) is 0. The number of nitrogens with two attached hydrogens (primary N) is 2. The molecule has 0 unspecified atom stereocenters. The van der Waals surface area contributed by atoms with Crippen LogP contribution in [0.1, 0.15) is 22.3 Å². The molecule has 38 heavy (non-hydrogen) atoms. The Balaban J connectivity index is 1.73. The molecule has 11 heteroatoms. The lowest BCUT2D eigenvalue weighted by atomic mass is 9.58. The SMILES string of the molecule is CN(C)[C@@H]1C(O)=C(C(N)=O)C(=O)[C@@]2(O)C(O)=C3C(=O)c4c(O)ccc(-c5ccc(I)c(N)c5)c4C[C@H]3C[C@@H]12. The molecule has 198 valence electrons. The first-order chi connectivity index (χ1) is 17.8. The highest BCUT2D eigenvalue weighted by atomic mass is 127. The van der Waals surface area contributed by atoms with Crippen molar-refractivity contribution in [1.82, 2.24) is 4.90 Å². The number of hydrogen-bond donors (Lipinski definition) is 6. The van der Waals surface area contributed by atoms with Crippen LogP contribution in [0, 0.1) is 15.4 Å². The second-order valence-corrected chi connectivity index (χ2v) is 11.3. The average Bonchev–Trinajstić information content (AvgIpc) is 2.83. The normalized spacial score (nSPS) is 26.8. The summed E-state index contributed by atoms with van der Waals surface area (Å²) in [5.41, 5.74) is 10.2. The van der Waals surface area contributed by atoms with Crippen LogP contribution in [0.3, 0.4) is 0 Å². The van der Waals surface area contributed by atoms with Crippen LogP contribution < -0.4 is 11.5 Å². The predicted molar refractivity (Wildman–Crippen MR) is 146 cm³/mol. The van der Waals surface area contributed by atoms with E-state index < -0.39 is 58.0 Å². The number of amides is 1. The van der Waals surface area contributed by atoms with Gasteiger partial charge in [-0.15, -0.1) is 0 Å². The number of phenolic OH excluding ortho intramolecular Hbond substituents is 1. The molecule has 3 aliphatic carbocycles. The Hall–Kier alpha value is -3.42. The van der Waals surface area contributed by atoms with Gasteiger partial charge >= 0.3 is 0 Å². The summed E-state index contributed by atoms with van der Waals surface area (Å²) < 4.78 is 0.858. The minimum absolute atomic E-state index is 0.0235. The maximum absolute atomic E-state index is 13.8. The van der Waals surface area contributed by atoms with E-state index in [1.54, 1.807) is 26.2 Å². The summed E-state index contributed by atoms with van der Waals surface area (Å²) in [6.07, 6.45) is 0.222. The molecule has 2 aromatic carbocycles. The largest absolute Gasteiger partial charge is 0.510 e. The van der Waals surface area contributed by atoms with Crippen molar-refractivity contribution in [2.75, 3.05) is 19.8 Å². The Morgan fingerprint density at radius 1 is 1.13 bits per heavy atom. The number of anilines is 1. The van der Waals surface area contributed by atoms with Crippen molar-refractivity contribution in [2.45, 2.75) is 24.5 Å². The van der Waals surface area contributed by atoms with Gasteiger partial charge in [-0.25, -0.2) is 0 Å². The Morgan fingerprint density at radius 2 is 1.82 bits per heavy atom. The van der Waals surface area contributed by atoms with Gasteiger partial charge in [0.05, 0.1) is 11.6 Å². The smallest absolute Gasteiger partial charge is 0.255 e. The van der Waals surface area contributed by atoms with Crippen molar-refractivity contribution in [3.63, 3.8) is 0 Å². The van der Waals surface area contributed by atoms with Gasteiger partial charge < -0.3 is 31.9 Å². The molecule has 10 nitrogen and oxygen atoms in total. The number of benzene rings is 2. The standard InChI is InChI=1S/C27H26IN3O7/c1-31(2)21-14-8-11-7-13-12(10-3-5-15(28)16(29)9-10)4-6-17(32)19(13)22(33)18(11)24(35)27(14,38)25(36)20(23(21)34)26(30)37/h3-6,9,11,14,21,32,34-35,38H,7-8,29H2,1-2H3,(H2,30,37)/t11-,14-,21-,27-/m0/s1. The third-order valence-electron chi connectivity index (χ3n) is 7.91. The quantitative estimate of drug-likeness (QED) is 0.167. The molecule has 0 saturated heterocycles. The van der Waals surface area contributed by atoms with Gasteiger partial charge in [-0.2, -0.15) is 0 Å². The van der Waals surface area contributed by atoms with Crippen molar-refractivity contribution >= 4 is 45.8 Å². The van der Waals surface area contributed by atoms with Crippen molar-refractivity contribution in [2.24, 2.45) is 17.6 Å². The predicted octanol–water partition coefficient (Wildman–Crippen LogP) is 1.97. The number of allylic oxidation sites excluding steroid dienone is 1. The number of carbonyl (C=O) groups excluding carboxylic acids is 3. The van der Waals surface area contributed by atoms with Crippen LogP contribution in [0.2, 0.25) is 0 Å². The number of nitrogens with zero attached hydrogens (tertiary/aromatic N) is 1. The molecular weight excluding hydrogens is 605 g/mol. The highest BCUT2D eigenvalue weighted by Crippen LogP contribution is 2.53. The van der Waals surface area contributed by atoms with E-state index in [0.29, 0.717) is 16.8 Å². The zero-order valence-electron chi connectivity index (χ0n) is 20.5. The number of rotatable bonds is 3. The van der Waals surface area contributed by atoms with Crippen molar-refractivity contribution in [3.8, 4) is 16.9 Å². The molecule has 0 saturated carbocycles. The van der Waals surface area contributed by atoms with Crippen LogP contribution in [0.25, 0.3) is 11.1 Å². The number of primary amides is 1. The topological polar surface area (TPSA) is 187 Å². The second-order valence-electron chi connectivity index (χ2n) is 10.2. The first kappa shape index (κ1) is 26.2. The second kappa shape index (κ2) is 8.82. The number of ketones is 2. The molecule has 1 amide bonds. The van der Waals surface area contributed by atoms with Gasteiger partial charge in [0.15, 0.2) is 11.4 Å². The molecule has 3 aliphatic rings. The maximum Gasteiger partial charge on any atom is 0.255 e. The lowest BCUT2D eigenvalue weighted by Gasteiger charge is -2.50. The fourth-order valence-electron chi connectivity index (χ4n) is 6.23. The first-order valence-corrected chi connectivity index (χ1v) is 12.9. The Kier molecular flexibility index (Phi) is 6.08. The summed E-state index contributed by atoms with van der Waals surface area (Å²) in [4.78, 5) is 40.8. The van der Waals surface area contributed by atoms with E-state index in [0.717, 1.165) is 9.13 Å². The number of aliphatic hydroxyl groups excluding tert-OH is 2. The van der Waals surface area contributed by atoms with E-state index in [2.05, 4.69) is 22.6 Å². The average molecular weight is 631 g/mol. The summed E-state index contributed by atoms with van der Waals surface area (Å²) >= 11 is 2.11. The van der Waals surface area contributed by atoms with E-state index in [1.165, 1.54) is 11.0 Å². The number of hydrogen-bond acceptors (Lipinski definition) is 9. The van der Waals surface area contributed by atoms with Crippen molar-refractivity contribution < 1.29 is 34.8 Å². The minimum Gasteiger partial charge on any atom is -0.510 e. The molecule has 0 radical (unpaired) electrons. The van der Waals surface area contributed by atoms with Gasteiger partial charge in [-0.05, 0) is 90.3 Å². The van der Waals surface area contributed by atoms with E-state index >= 15 is 0 Å². The number of carbonyl (C=O) groups is 3. The third kappa shape index (κ3) is 3.48. The van der Waals surface area contributed by atoms with E-state index in [9.17, 15) is 34.8 Å². The zero-order chi connectivity index (χ0) is 27.8. The highest BCUT2D eigenvalue weighted by Gasteiger charge is 2.63. The molecule has 2 aromatic rings. The Morgan fingerprint density at radius 3 is 2.42 bits per heavy atom. The zero-order valence-corrected chi connectivity index (χ0v) is 22.7. The third-order valence-corrected chi connectivity index (χ3v) is 8.90. The monoisotopic (exact) mass is 631 g/mol.